The molecular weight excluding hydrogens is 251 g/mol. The first-order chi connectivity index (χ1) is 8.84. The lowest BCUT2D eigenvalue weighted by Crippen LogP contribution is -2.62. The zero-order valence-electron chi connectivity index (χ0n) is 14.5. The molecule has 0 spiro atoms. The highest BCUT2D eigenvalue weighted by Crippen LogP contribution is 2.10. The summed E-state index contributed by atoms with van der Waals surface area (Å²) in [6.45, 7) is 13.9. The zero-order valence-corrected chi connectivity index (χ0v) is 15.6. The molecule has 0 aliphatic rings. The van der Waals surface area contributed by atoms with Crippen molar-refractivity contribution in [3.8, 4) is 0 Å². The van der Waals surface area contributed by atoms with E-state index in [1.54, 1.807) is 0 Å². The molecule has 0 fully saturated rings. The molecule has 19 heavy (non-hydrogen) atoms. The maximum absolute atomic E-state index is 2.75. The summed E-state index contributed by atoms with van der Waals surface area (Å²) < 4.78 is 7.88. The Labute approximate surface area is 126 Å². The zero-order chi connectivity index (χ0) is 15.0. The molecule has 0 aromatic carbocycles. The molecule has 0 aromatic heterocycles. The van der Waals surface area contributed by atoms with Crippen LogP contribution in [0.1, 0.15) is 34.1 Å². The molecule has 5 heteroatoms. The van der Waals surface area contributed by atoms with Crippen LogP contribution in [0.2, 0.25) is 0 Å². The van der Waals surface area contributed by atoms with Gasteiger partial charge in [0, 0.05) is 0 Å². The van der Waals surface area contributed by atoms with Crippen LogP contribution in [0.3, 0.4) is 0 Å². The van der Waals surface area contributed by atoms with E-state index in [1.807, 2.05) is 0 Å². The van der Waals surface area contributed by atoms with Crippen molar-refractivity contribution in [2.24, 2.45) is 0 Å². The van der Waals surface area contributed by atoms with E-state index < -0.39 is 14.8 Å². The number of hydrogen-bond donors (Lipinski definition) is 0. The smallest absolute Gasteiger partial charge is 0.360 e. The van der Waals surface area contributed by atoms with E-state index in [4.69, 9.17) is 0 Å². The van der Waals surface area contributed by atoms with Gasteiger partial charge in [-0.15, -0.1) is 0 Å². The van der Waals surface area contributed by atoms with Crippen LogP contribution in [0, 0.1) is 0 Å². The molecule has 4 nitrogen and oxygen atoms in total. The minimum absolute atomic E-state index is 0.627. The molecule has 0 aliphatic carbocycles. The topological polar surface area (TPSA) is 13.0 Å². The predicted molar refractivity (Wildman–Crippen MR) is 87.4 cm³/mol. The van der Waals surface area contributed by atoms with E-state index in [2.05, 4.69) is 72.4 Å². The van der Waals surface area contributed by atoms with Crippen LogP contribution in [0.4, 0.5) is 0 Å². The Bertz CT molecular complexity index is 213. The van der Waals surface area contributed by atoms with Crippen LogP contribution in [0.25, 0.3) is 0 Å². The van der Waals surface area contributed by atoms with Crippen LogP contribution >= 0.6 is 0 Å². The summed E-state index contributed by atoms with van der Waals surface area (Å²) in [6, 6.07) is 0.627. The van der Waals surface area contributed by atoms with Crippen molar-refractivity contribution in [1.82, 2.24) is 16.6 Å². The van der Waals surface area contributed by atoms with Crippen molar-refractivity contribution >= 4 is 14.8 Å². The van der Waals surface area contributed by atoms with Crippen LogP contribution < -0.4 is 0 Å². The van der Waals surface area contributed by atoms with E-state index in [0.717, 1.165) is 13.1 Å². The molecule has 0 bridgehead atoms. The third-order valence-corrected chi connectivity index (χ3v) is 7.52. The maximum Gasteiger partial charge on any atom is 0.608 e. The predicted octanol–water partition coefficient (Wildman–Crippen LogP) is 1.54. The van der Waals surface area contributed by atoms with Crippen molar-refractivity contribution in [2.45, 2.75) is 40.2 Å². The average Bonchev–Trinajstić information content (AvgIpc) is 2.35. The highest BCUT2D eigenvalue weighted by atomic mass is 27.2. The monoisotopic (exact) mass is 286 g/mol. The second-order valence-corrected chi connectivity index (χ2v) is 9.10. The van der Waals surface area contributed by atoms with Crippen LogP contribution in [0.5, 0.6) is 0 Å². The van der Waals surface area contributed by atoms with E-state index in [1.165, 1.54) is 19.5 Å². The van der Waals surface area contributed by atoms with Crippen molar-refractivity contribution in [3.05, 3.63) is 0 Å². The van der Waals surface area contributed by atoms with Crippen molar-refractivity contribution in [2.75, 3.05) is 54.4 Å². The van der Waals surface area contributed by atoms with Gasteiger partial charge in [-0.3, -0.25) is 0 Å². The van der Waals surface area contributed by atoms with Gasteiger partial charge in [-0.05, 0) is 66.8 Å². The van der Waals surface area contributed by atoms with Gasteiger partial charge in [0.05, 0.1) is 0 Å². The summed E-state index contributed by atoms with van der Waals surface area (Å²) in [6.07, 6.45) is 1.25. The third kappa shape index (κ3) is 7.08. The molecule has 0 aromatic rings. The Kier molecular flexibility index (Phi) is 10.3. The van der Waals surface area contributed by atoms with Gasteiger partial charge in [0.15, 0.2) is 0 Å². The molecule has 0 atom stereocenters. The molecule has 0 radical (unpaired) electrons. The molecule has 0 unspecified atom stereocenters. The molecule has 0 saturated heterocycles. The summed E-state index contributed by atoms with van der Waals surface area (Å²) in [4.78, 5) is 2.28. The molecule has 0 heterocycles. The van der Waals surface area contributed by atoms with E-state index in [-0.39, 0.29) is 0 Å². The summed E-state index contributed by atoms with van der Waals surface area (Å²) in [5.41, 5.74) is 0. The lowest BCUT2D eigenvalue weighted by molar-refractivity contribution is 0.261. The molecule has 0 amide bonds. The Morgan fingerprint density at radius 1 is 0.842 bits per heavy atom. The normalized spacial score (nSPS) is 12.5. The van der Waals surface area contributed by atoms with Crippen molar-refractivity contribution in [3.63, 3.8) is 0 Å². The number of rotatable bonds is 10. The number of hydrogen-bond acceptors (Lipinski definition) is 4. The first-order valence-corrected chi connectivity index (χ1v) is 9.20. The third-order valence-electron chi connectivity index (χ3n) is 3.77. The fourth-order valence-electron chi connectivity index (χ4n) is 2.38. The lowest BCUT2D eigenvalue weighted by Gasteiger charge is -2.40. The molecule has 114 valence electrons. The Morgan fingerprint density at radius 3 is 1.63 bits per heavy atom. The van der Waals surface area contributed by atoms with E-state index >= 15 is 0 Å². The quantitative estimate of drug-likeness (QED) is 0.565. The fourth-order valence-corrected chi connectivity index (χ4v) is 5.67. The fraction of sp³-hybridized carbons (Fsp3) is 1.00. The number of nitrogens with zero attached hydrogens (tertiary/aromatic N) is 4. The summed E-state index contributed by atoms with van der Waals surface area (Å²) in [5, 5.41) is 0. The largest absolute Gasteiger partial charge is 0.608 e. The van der Waals surface area contributed by atoms with Gasteiger partial charge in [-0.2, -0.15) is 0 Å². The summed E-state index contributed by atoms with van der Waals surface area (Å²) in [7, 11) is 8.88. The van der Waals surface area contributed by atoms with Gasteiger partial charge in [0.2, 0.25) is 0 Å². The van der Waals surface area contributed by atoms with Crippen molar-refractivity contribution < 1.29 is 0 Å². The Hall–Kier alpha value is 0.372. The van der Waals surface area contributed by atoms with E-state index in [9.17, 15) is 0 Å². The maximum atomic E-state index is 2.75. The van der Waals surface area contributed by atoms with Gasteiger partial charge < -0.3 is 16.6 Å². The molecule has 0 saturated carbocycles. The second-order valence-electron chi connectivity index (χ2n) is 5.98. The molecular formula is C14H35AlN4. The first kappa shape index (κ1) is 19.4. The first-order valence-electron chi connectivity index (χ1n) is 7.66. The van der Waals surface area contributed by atoms with Crippen LogP contribution in [0.15, 0.2) is 0 Å². The highest BCUT2D eigenvalue weighted by Gasteiger charge is 2.38. The SMILES string of the molecule is CC[N](C)[Al]([N](C)CC)[N](CCCN(C)C)C(C)C. The minimum atomic E-state index is -1.18. The summed E-state index contributed by atoms with van der Waals surface area (Å²) >= 11 is -1.18. The minimum Gasteiger partial charge on any atom is -0.360 e. The van der Waals surface area contributed by atoms with Gasteiger partial charge in [0.25, 0.3) is 0 Å². The lowest BCUT2D eigenvalue weighted by atomic mass is 10.3. The van der Waals surface area contributed by atoms with Crippen molar-refractivity contribution in [1.29, 1.82) is 0 Å². The van der Waals surface area contributed by atoms with Gasteiger partial charge in [-0.25, -0.2) is 0 Å². The molecule has 0 aliphatic heterocycles. The highest BCUT2D eigenvalue weighted by molar-refractivity contribution is 6.49. The molecule has 0 rings (SSSR count). The Morgan fingerprint density at radius 2 is 1.32 bits per heavy atom. The molecule has 0 N–H and O–H groups in total. The standard InChI is InChI=1S/C8H19N2.2C3H8N.Al/c1-8(2)9-6-5-7-10(3)4;2*1-3-4-2;/h8H,5-7H2,1-4H3;2*3H2,1-2H3;/q3*-1;+3. The average molecular weight is 286 g/mol. The van der Waals surface area contributed by atoms with Gasteiger partial charge in [-0.1, -0.05) is 27.7 Å². The van der Waals surface area contributed by atoms with Crippen LogP contribution in [-0.2, 0) is 0 Å². The van der Waals surface area contributed by atoms with E-state index in [0.29, 0.717) is 6.04 Å². The van der Waals surface area contributed by atoms with Crippen LogP contribution in [-0.4, -0.2) is 91.8 Å². The van der Waals surface area contributed by atoms with Gasteiger partial charge in [0.1, 0.15) is 0 Å². The summed E-state index contributed by atoms with van der Waals surface area (Å²) in [5.74, 6) is 0. The second kappa shape index (κ2) is 10.2. The van der Waals surface area contributed by atoms with Gasteiger partial charge >= 0.3 is 14.8 Å². The Balaban J connectivity index is 4.75.